The van der Waals surface area contributed by atoms with Crippen molar-refractivity contribution < 1.29 is 0 Å². The van der Waals surface area contributed by atoms with Gasteiger partial charge in [0.05, 0.1) is 6.04 Å². The molecule has 92 valence electrons. The molecule has 0 aromatic rings. The molecule has 1 rings (SSSR count). The molecule has 0 saturated carbocycles. The van der Waals surface area contributed by atoms with Crippen LogP contribution in [0, 0.1) is 5.92 Å². The highest BCUT2D eigenvalue weighted by Crippen LogP contribution is 2.06. The molecule has 0 aliphatic carbocycles. The van der Waals surface area contributed by atoms with E-state index in [9.17, 15) is 0 Å². The second kappa shape index (κ2) is 5.87. The van der Waals surface area contributed by atoms with Gasteiger partial charge in [0.15, 0.2) is 0 Å². The van der Waals surface area contributed by atoms with Crippen molar-refractivity contribution in [2.45, 2.75) is 40.7 Å². The van der Waals surface area contributed by atoms with Gasteiger partial charge in [0, 0.05) is 19.6 Å². The van der Waals surface area contributed by atoms with E-state index in [4.69, 9.17) is 0 Å². The molecule has 0 bridgehead atoms. The fourth-order valence-corrected chi connectivity index (χ4v) is 1.74. The second-order valence-corrected chi connectivity index (χ2v) is 4.57. The van der Waals surface area contributed by atoms with Crippen LogP contribution >= 0.6 is 0 Å². The molecule has 0 spiro atoms. The van der Waals surface area contributed by atoms with E-state index in [-0.39, 0.29) is 6.04 Å². The maximum atomic E-state index is 4.56. The molecule has 4 nitrogen and oxygen atoms in total. The summed E-state index contributed by atoms with van der Waals surface area (Å²) in [4.78, 5) is 11.3. The van der Waals surface area contributed by atoms with Crippen molar-refractivity contribution in [3.63, 3.8) is 0 Å². The minimum Gasteiger partial charge on any atom is -0.359 e. The molecule has 0 fully saturated rings. The lowest BCUT2D eigenvalue weighted by atomic mass is 10.2. The van der Waals surface area contributed by atoms with Crippen molar-refractivity contribution in [3.8, 4) is 0 Å². The monoisotopic (exact) mass is 224 g/mol. The Morgan fingerprint density at radius 1 is 1.38 bits per heavy atom. The standard InChI is InChI=1S/C12H24N4/c1-6-16(7-2)11-10(5)14-12(15-11)13-8-9(3)4/h9-10H,6-8H2,1-5H3,(H,13,14). The highest BCUT2D eigenvalue weighted by Gasteiger charge is 2.23. The van der Waals surface area contributed by atoms with E-state index < -0.39 is 0 Å². The number of guanidine groups is 1. The fraction of sp³-hybridized carbons (Fsp3) is 0.833. The molecular weight excluding hydrogens is 200 g/mol. The summed E-state index contributed by atoms with van der Waals surface area (Å²) < 4.78 is 0. The number of nitrogens with zero attached hydrogens (tertiary/aromatic N) is 3. The van der Waals surface area contributed by atoms with Crippen LogP contribution in [-0.4, -0.2) is 42.4 Å². The van der Waals surface area contributed by atoms with Gasteiger partial charge >= 0.3 is 0 Å². The first kappa shape index (κ1) is 13.0. The summed E-state index contributed by atoms with van der Waals surface area (Å²) in [6.45, 7) is 13.6. The van der Waals surface area contributed by atoms with Gasteiger partial charge in [-0.05, 0) is 26.7 Å². The summed E-state index contributed by atoms with van der Waals surface area (Å²) in [6, 6.07) is 0.283. The molecule has 0 aromatic carbocycles. The molecule has 1 heterocycles. The lowest BCUT2D eigenvalue weighted by Gasteiger charge is -2.22. The van der Waals surface area contributed by atoms with Crippen molar-refractivity contribution in [1.82, 2.24) is 10.2 Å². The molecule has 0 radical (unpaired) electrons. The zero-order chi connectivity index (χ0) is 12.1. The summed E-state index contributed by atoms with van der Waals surface area (Å²) in [5.41, 5.74) is 0. The number of hydrogen-bond donors (Lipinski definition) is 1. The van der Waals surface area contributed by atoms with Crippen LogP contribution in [0.3, 0.4) is 0 Å². The van der Waals surface area contributed by atoms with E-state index in [2.05, 4.69) is 54.8 Å². The van der Waals surface area contributed by atoms with Crippen LogP contribution < -0.4 is 5.32 Å². The molecule has 16 heavy (non-hydrogen) atoms. The van der Waals surface area contributed by atoms with E-state index in [0.717, 1.165) is 31.4 Å². The summed E-state index contributed by atoms with van der Waals surface area (Å²) >= 11 is 0. The van der Waals surface area contributed by atoms with Crippen molar-refractivity contribution in [1.29, 1.82) is 0 Å². The Labute approximate surface area is 98.8 Å². The Morgan fingerprint density at radius 2 is 2.00 bits per heavy atom. The minimum absolute atomic E-state index is 0.283. The number of aliphatic imine (C=N–C) groups is 2. The Kier molecular flexibility index (Phi) is 4.77. The zero-order valence-corrected chi connectivity index (χ0v) is 11.1. The van der Waals surface area contributed by atoms with Gasteiger partial charge in [-0.1, -0.05) is 13.8 Å². The van der Waals surface area contributed by atoms with Gasteiger partial charge in [0.2, 0.25) is 5.96 Å². The third kappa shape index (κ3) is 3.22. The molecule has 0 amide bonds. The smallest absolute Gasteiger partial charge is 0.220 e. The average molecular weight is 224 g/mol. The number of hydrogen-bond acceptors (Lipinski definition) is 2. The van der Waals surface area contributed by atoms with Gasteiger partial charge in [-0.15, -0.1) is 0 Å². The van der Waals surface area contributed by atoms with Crippen LogP contribution in [0.25, 0.3) is 0 Å². The third-order valence-corrected chi connectivity index (χ3v) is 2.65. The summed E-state index contributed by atoms with van der Waals surface area (Å²) in [7, 11) is 0. The molecule has 1 unspecified atom stereocenters. The number of rotatable bonds is 4. The Hall–Kier alpha value is -1.06. The Bertz CT molecular complexity index is 277. The second-order valence-electron chi connectivity index (χ2n) is 4.57. The molecule has 4 heteroatoms. The van der Waals surface area contributed by atoms with Crippen molar-refractivity contribution in [2.75, 3.05) is 19.6 Å². The van der Waals surface area contributed by atoms with Crippen molar-refractivity contribution >= 4 is 11.8 Å². The SMILES string of the molecule is CCN(CC)C1=N/C(=N\CC(C)C)NC1C. The molecule has 1 aliphatic rings. The lowest BCUT2D eigenvalue weighted by molar-refractivity contribution is 0.451. The van der Waals surface area contributed by atoms with Crippen LogP contribution in [-0.2, 0) is 0 Å². The lowest BCUT2D eigenvalue weighted by Crippen LogP contribution is -2.40. The van der Waals surface area contributed by atoms with Gasteiger partial charge < -0.3 is 10.2 Å². The summed E-state index contributed by atoms with van der Waals surface area (Å²) in [6.07, 6.45) is 0. The normalized spacial score (nSPS) is 22.5. The van der Waals surface area contributed by atoms with E-state index in [1.807, 2.05) is 0 Å². The molecular formula is C12H24N4. The highest BCUT2D eigenvalue weighted by molar-refractivity contribution is 6.05. The number of amidine groups is 1. The van der Waals surface area contributed by atoms with E-state index >= 15 is 0 Å². The average Bonchev–Trinajstić information content (AvgIpc) is 2.59. The Morgan fingerprint density at radius 3 is 2.50 bits per heavy atom. The first-order valence-electron chi connectivity index (χ1n) is 6.22. The van der Waals surface area contributed by atoms with E-state index in [1.165, 1.54) is 0 Å². The van der Waals surface area contributed by atoms with Crippen LogP contribution in [0.1, 0.15) is 34.6 Å². The predicted octanol–water partition coefficient (Wildman–Crippen LogP) is 1.73. The topological polar surface area (TPSA) is 40.0 Å². The van der Waals surface area contributed by atoms with Crippen LogP contribution in [0.2, 0.25) is 0 Å². The van der Waals surface area contributed by atoms with Gasteiger partial charge in [0.25, 0.3) is 0 Å². The third-order valence-electron chi connectivity index (χ3n) is 2.65. The van der Waals surface area contributed by atoms with Crippen LogP contribution in [0.5, 0.6) is 0 Å². The largest absolute Gasteiger partial charge is 0.359 e. The minimum atomic E-state index is 0.283. The molecule has 0 aromatic heterocycles. The summed E-state index contributed by atoms with van der Waals surface area (Å²) in [5, 5.41) is 3.31. The van der Waals surface area contributed by atoms with Crippen LogP contribution in [0.15, 0.2) is 9.98 Å². The fourth-order valence-electron chi connectivity index (χ4n) is 1.74. The van der Waals surface area contributed by atoms with Gasteiger partial charge in [-0.3, -0.25) is 4.99 Å². The first-order chi connectivity index (χ1) is 7.58. The van der Waals surface area contributed by atoms with Crippen LogP contribution in [0.4, 0.5) is 0 Å². The summed E-state index contributed by atoms with van der Waals surface area (Å²) in [5.74, 6) is 2.49. The molecule has 1 atom stereocenters. The van der Waals surface area contributed by atoms with Gasteiger partial charge in [0.1, 0.15) is 5.84 Å². The molecule has 1 aliphatic heterocycles. The Balaban J connectivity index is 2.71. The molecule has 0 saturated heterocycles. The quantitative estimate of drug-likeness (QED) is 0.790. The maximum absolute atomic E-state index is 4.56. The maximum Gasteiger partial charge on any atom is 0.220 e. The van der Waals surface area contributed by atoms with Gasteiger partial charge in [-0.2, -0.15) is 4.99 Å². The van der Waals surface area contributed by atoms with E-state index in [1.54, 1.807) is 0 Å². The predicted molar refractivity (Wildman–Crippen MR) is 70.1 cm³/mol. The van der Waals surface area contributed by atoms with E-state index in [0.29, 0.717) is 5.92 Å². The first-order valence-corrected chi connectivity index (χ1v) is 6.22. The van der Waals surface area contributed by atoms with Crippen molar-refractivity contribution in [3.05, 3.63) is 0 Å². The number of likely N-dealkylation sites (N-methyl/N-ethyl adjacent to an activating group) is 1. The van der Waals surface area contributed by atoms with Gasteiger partial charge in [-0.25, -0.2) is 0 Å². The van der Waals surface area contributed by atoms with Crippen molar-refractivity contribution in [2.24, 2.45) is 15.9 Å². The number of nitrogens with one attached hydrogen (secondary N) is 1. The highest BCUT2D eigenvalue weighted by atomic mass is 15.3. The molecule has 1 N–H and O–H groups in total. The zero-order valence-electron chi connectivity index (χ0n) is 11.1.